The third kappa shape index (κ3) is 1.12. The van der Waals surface area contributed by atoms with Crippen LogP contribution in [0.3, 0.4) is 0 Å². The van der Waals surface area contributed by atoms with Crippen LogP contribution in [0.15, 0.2) is 6.20 Å². The Balaban J connectivity index is 3.04. The summed E-state index contributed by atoms with van der Waals surface area (Å²) in [5.41, 5.74) is 0. The molecule has 1 aromatic heterocycles. The number of aromatic nitrogens is 2. The average molecular weight is 212 g/mol. The lowest BCUT2D eigenvalue weighted by Gasteiger charge is -1.68. The minimum absolute atomic E-state index is 0.524. The molecule has 0 aromatic carbocycles. The van der Waals surface area contributed by atoms with Gasteiger partial charge in [0, 0.05) is 0 Å². The van der Waals surface area contributed by atoms with Gasteiger partial charge in [0.2, 0.25) is 0 Å². The topological polar surface area (TPSA) is 28.7 Å². The van der Waals surface area contributed by atoms with Crippen molar-refractivity contribution in [3.8, 4) is 0 Å². The highest BCUT2D eigenvalue weighted by atomic mass is 127. The number of H-pyrrole nitrogens is 1. The molecule has 4 heteroatoms. The van der Waals surface area contributed by atoms with E-state index in [1.165, 1.54) is 6.20 Å². The highest BCUT2D eigenvalue weighted by Gasteiger charge is 1.89. The first-order valence-corrected chi connectivity index (χ1v) is 2.73. The summed E-state index contributed by atoms with van der Waals surface area (Å²) in [7, 11) is 0. The van der Waals surface area contributed by atoms with Gasteiger partial charge in [0.25, 0.3) is 6.08 Å². The number of hydrogen-bond acceptors (Lipinski definition) is 1. The van der Waals surface area contributed by atoms with Crippen LogP contribution in [-0.4, -0.2) is 9.97 Å². The molecule has 0 aliphatic heterocycles. The lowest BCUT2D eigenvalue weighted by molar-refractivity contribution is 0.551. The van der Waals surface area contributed by atoms with Gasteiger partial charge in [-0.2, -0.15) is 4.39 Å². The fourth-order valence-corrected chi connectivity index (χ4v) is 0.638. The third-order valence-electron chi connectivity index (χ3n) is 0.514. The largest absolute Gasteiger partial charge is 0.309 e. The second-order valence-electron chi connectivity index (χ2n) is 1.02. The smallest absolute Gasteiger partial charge is 0.287 e. The van der Waals surface area contributed by atoms with Crippen molar-refractivity contribution in [3.05, 3.63) is 16.0 Å². The van der Waals surface area contributed by atoms with E-state index in [9.17, 15) is 4.39 Å². The molecule has 0 bridgehead atoms. The summed E-state index contributed by atoms with van der Waals surface area (Å²) in [5, 5.41) is 0. The minimum atomic E-state index is -0.524. The molecule has 1 N–H and O–H groups in total. The van der Waals surface area contributed by atoms with Crippen molar-refractivity contribution in [2.75, 3.05) is 0 Å². The van der Waals surface area contributed by atoms with Gasteiger partial charge in [-0.25, -0.2) is 4.98 Å². The Hall–Kier alpha value is -0.130. The zero-order chi connectivity index (χ0) is 5.28. The highest BCUT2D eigenvalue weighted by Crippen LogP contribution is 1.97. The normalized spacial score (nSPS) is 9.43. The van der Waals surface area contributed by atoms with Crippen LogP contribution in [-0.2, 0) is 0 Å². The molecule has 0 spiro atoms. The van der Waals surface area contributed by atoms with E-state index in [4.69, 9.17) is 0 Å². The number of nitrogens with zero attached hydrogens (tertiary/aromatic N) is 1. The van der Waals surface area contributed by atoms with Crippen LogP contribution in [0.5, 0.6) is 0 Å². The fraction of sp³-hybridized carbons (Fsp3) is 0. The van der Waals surface area contributed by atoms with Crippen LogP contribution in [0, 0.1) is 9.78 Å². The number of rotatable bonds is 0. The summed E-state index contributed by atoms with van der Waals surface area (Å²) >= 11 is 1.94. The third-order valence-corrected chi connectivity index (χ3v) is 1.06. The molecule has 1 aromatic rings. The molecule has 7 heavy (non-hydrogen) atoms. The van der Waals surface area contributed by atoms with Crippen molar-refractivity contribution in [1.82, 2.24) is 9.97 Å². The minimum Gasteiger partial charge on any atom is -0.309 e. The molecule has 1 rings (SSSR count). The Labute approximate surface area is 53.3 Å². The van der Waals surface area contributed by atoms with Crippen molar-refractivity contribution in [2.24, 2.45) is 0 Å². The van der Waals surface area contributed by atoms with E-state index in [1.807, 2.05) is 22.6 Å². The maximum Gasteiger partial charge on any atom is 0.287 e. The zero-order valence-electron chi connectivity index (χ0n) is 3.28. The Morgan fingerprint density at radius 3 is 2.71 bits per heavy atom. The van der Waals surface area contributed by atoms with Gasteiger partial charge in [0.05, 0.1) is 9.90 Å². The van der Waals surface area contributed by atoms with E-state index in [2.05, 4.69) is 9.97 Å². The summed E-state index contributed by atoms with van der Waals surface area (Å²) < 4.78 is 12.5. The SMILES string of the molecule is Fc1ncc(I)[nH]1. The van der Waals surface area contributed by atoms with Crippen LogP contribution in [0.25, 0.3) is 0 Å². The van der Waals surface area contributed by atoms with E-state index in [1.54, 1.807) is 0 Å². The Morgan fingerprint density at radius 1 is 1.86 bits per heavy atom. The Kier molecular flexibility index (Phi) is 1.27. The summed E-state index contributed by atoms with van der Waals surface area (Å²) in [4.78, 5) is 5.63. The Morgan fingerprint density at radius 2 is 2.57 bits per heavy atom. The molecular formula is C3H2FIN2. The van der Waals surface area contributed by atoms with Crippen molar-refractivity contribution in [1.29, 1.82) is 0 Å². The number of imidazole rings is 1. The van der Waals surface area contributed by atoms with Gasteiger partial charge in [0.15, 0.2) is 0 Å². The molecule has 0 unspecified atom stereocenters. The second kappa shape index (κ2) is 1.77. The van der Waals surface area contributed by atoms with Crippen LogP contribution in [0.4, 0.5) is 4.39 Å². The molecule has 0 saturated carbocycles. The van der Waals surface area contributed by atoms with Gasteiger partial charge in [-0.3, -0.25) is 0 Å². The molecule has 2 nitrogen and oxygen atoms in total. The predicted octanol–water partition coefficient (Wildman–Crippen LogP) is 1.15. The number of halogens is 2. The van der Waals surface area contributed by atoms with Crippen molar-refractivity contribution in [3.63, 3.8) is 0 Å². The number of nitrogens with one attached hydrogen (secondary N) is 1. The highest BCUT2D eigenvalue weighted by molar-refractivity contribution is 14.1. The molecule has 38 valence electrons. The number of aromatic amines is 1. The lowest BCUT2D eigenvalue weighted by Crippen LogP contribution is -1.71. The maximum atomic E-state index is 11.8. The Bertz CT molecular complexity index is 145. The van der Waals surface area contributed by atoms with Gasteiger partial charge < -0.3 is 4.98 Å². The van der Waals surface area contributed by atoms with Gasteiger partial charge >= 0.3 is 0 Å². The van der Waals surface area contributed by atoms with Gasteiger partial charge in [0.1, 0.15) is 0 Å². The van der Waals surface area contributed by atoms with E-state index in [-0.39, 0.29) is 0 Å². The molecule has 0 atom stereocenters. The predicted molar refractivity (Wildman–Crippen MR) is 31.3 cm³/mol. The summed E-state index contributed by atoms with van der Waals surface area (Å²) in [6.07, 6.45) is 0.903. The van der Waals surface area contributed by atoms with E-state index in [0.717, 1.165) is 3.70 Å². The van der Waals surface area contributed by atoms with Crippen LogP contribution in [0.2, 0.25) is 0 Å². The molecule has 0 aliphatic rings. The monoisotopic (exact) mass is 212 g/mol. The standard InChI is InChI=1S/C3H2FIN2/c4-3-6-1-2(5)7-3/h1H,(H,6,7). The maximum absolute atomic E-state index is 11.8. The molecule has 1 heterocycles. The molecule has 0 amide bonds. The fourth-order valence-electron chi connectivity index (χ4n) is 0.276. The van der Waals surface area contributed by atoms with Crippen LogP contribution in [0.1, 0.15) is 0 Å². The van der Waals surface area contributed by atoms with Crippen molar-refractivity contribution in [2.45, 2.75) is 0 Å². The van der Waals surface area contributed by atoms with E-state index in [0.29, 0.717) is 0 Å². The first-order chi connectivity index (χ1) is 3.29. The zero-order valence-corrected chi connectivity index (χ0v) is 5.44. The number of hydrogen-bond donors (Lipinski definition) is 1. The molecule has 0 saturated heterocycles. The lowest BCUT2D eigenvalue weighted by atomic mass is 11.0. The van der Waals surface area contributed by atoms with E-state index < -0.39 is 6.08 Å². The quantitative estimate of drug-likeness (QED) is 0.642. The summed E-state index contributed by atoms with van der Waals surface area (Å²) in [6.45, 7) is 0. The first kappa shape index (κ1) is 5.02. The second-order valence-corrected chi connectivity index (χ2v) is 2.18. The van der Waals surface area contributed by atoms with Crippen LogP contribution < -0.4 is 0 Å². The van der Waals surface area contributed by atoms with Gasteiger partial charge in [-0.1, -0.05) is 0 Å². The van der Waals surface area contributed by atoms with E-state index >= 15 is 0 Å². The molecular weight excluding hydrogens is 210 g/mol. The molecule has 0 radical (unpaired) electrons. The van der Waals surface area contributed by atoms with Crippen LogP contribution >= 0.6 is 22.6 Å². The van der Waals surface area contributed by atoms with Crippen molar-refractivity contribution >= 4 is 22.6 Å². The first-order valence-electron chi connectivity index (χ1n) is 1.65. The van der Waals surface area contributed by atoms with Crippen molar-refractivity contribution < 1.29 is 4.39 Å². The summed E-state index contributed by atoms with van der Waals surface area (Å²) in [6, 6.07) is 0. The molecule has 0 fully saturated rings. The summed E-state index contributed by atoms with van der Waals surface area (Å²) in [5.74, 6) is 0. The van der Waals surface area contributed by atoms with Gasteiger partial charge in [-0.05, 0) is 22.6 Å². The van der Waals surface area contributed by atoms with Gasteiger partial charge in [-0.15, -0.1) is 0 Å². The average Bonchev–Trinajstić information content (AvgIpc) is 1.87. The molecule has 0 aliphatic carbocycles.